The van der Waals surface area contributed by atoms with Gasteiger partial charge >= 0.3 is 29.8 Å². The number of unbranched alkanes of at least 4 members (excludes halogenated alkanes) is 9. The molecule has 6 atom stereocenters. The quantitative estimate of drug-likeness (QED) is 0.105. The number of thioether (sulfide) groups is 1. The summed E-state index contributed by atoms with van der Waals surface area (Å²) in [4.78, 5) is 72.4. The molecule has 14 heteroatoms. The highest BCUT2D eigenvalue weighted by atomic mass is 32.2. The first-order valence-electron chi connectivity index (χ1n) is 16.1. The molecule has 0 radical (unpaired) electrons. The SMILES string of the molecule is CCCCCCCCCCCCSC1(C(=O)OC)C[C@H](OC(C)=O)[C@@H](NC(C)=O)[C@H]([C@H](OC(C)=O)[C@@H](COC(C)=O)OC(C)=O)O1. The maximum atomic E-state index is 13.5. The maximum absolute atomic E-state index is 13.5. The van der Waals surface area contributed by atoms with Gasteiger partial charge in [-0.2, -0.15) is 0 Å². The molecule has 1 N–H and O–H groups in total. The Labute approximate surface area is 276 Å². The van der Waals surface area contributed by atoms with E-state index < -0.39 is 77.8 Å². The van der Waals surface area contributed by atoms with Crippen molar-refractivity contribution in [2.75, 3.05) is 19.5 Å². The molecule has 13 nitrogen and oxygen atoms in total. The molecule has 1 saturated heterocycles. The third kappa shape index (κ3) is 15.1. The number of methoxy groups -OCH3 is 1. The van der Waals surface area contributed by atoms with Gasteiger partial charge in [0.2, 0.25) is 10.8 Å². The van der Waals surface area contributed by atoms with E-state index in [4.69, 9.17) is 28.4 Å². The highest BCUT2D eigenvalue weighted by Crippen LogP contribution is 2.43. The Hall–Kier alpha value is -2.87. The third-order valence-corrected chi connectivity index (χ3v) is 8.72. The van der Waals surface area contributed by atoms with Crippen molar-refractivity contribution in [2.24, 2.45) is 0 Å². The number of carbonyl (C=O) groups excluding carboxylic acids is 6. The predicted octanol–water partition coefficient (Wildman–Crippen LogP) is 4.16. The Kier molecular flexibility index (Phi) is 19.5. The first-order chi connectivity index (χ1) is 21.8. The standard InChI is InChI=1S/C32H53NO12S/c1-8-9-10-11-12-13-14-15-16-17-18-46-32(31(39)40-7)19-26(42-23(4)36)28(33-21(2)34)30(45-32)29(44-25(6)38)27(43-24(5)37)20-41-22(3)35/h26-30H,8-20H2,1-7H3,(H,33,34)/t26-,27+,28+,29+,30+,32?/m0/s1. The van der Waals surface area contributed by atoms with E-state index >= 15 is 0 Å². The first-order valence-corrected chi connectivity index (χ1v) is 17.1. The summed E-state index contributed by atoms with van der Waals surface area (Å²) in [5, 5.41) is 2.68. The average molecular weight is 676 g/mol. The molecule has 0 aromatic carbocycles. The van der Waals surface area contributed by atoms with Gasteiger partial charge in [-0.05, 0) is 12.2 Å². The van der Waals surface area contributed by atoms with Crippen LogP contribution in [0.4, 0.5) is 0 Å². The van der Waals surface area contributed by atoms with Crippen molar-refractivity contribution in [2.45, 2.75) is 148 Å². The van der Waals surface area contributed by atoms with E-state index in [0.29, 0.717) is 5.75 Å². The van der Waals surface area contributed by atoms with Crippen LogP contribution in [0.25, 0.3) is 0 Å². The molecular weight excluding hydrogens is 622 g/mol. The van der Waals surface area contributed by atoms with Crippen molar-refractivity contribution in [1.82, 2.24) is 5.32 Å². The summed E-state index contributed by atoms with van der Waals surface area (Å²) in [6, 6.07) is -1.17. The van der Waals surface area contributed by atoms with E-state index in [1.807, 2.05) is 0 Å². The lowest BCUT2D eigenvalue weighted by Crippen LogP contribution is -2.68. The van der Waals surface area contributed by atoms with Crippen molar-refractivity contribution >= 4 is 47.5 Å². The maximum Gasteiger partial charge on any atom is 0.348 e. The van der Waals surface area contributed by atoms with Crippen LogP contribution in [-0.4, -0.2) is 90.6 Å². The number of rotatable bonds is 21. The summed E-state index contributed by atoms with van der Waals surface area (Å²) in [7, 11) is 1.19. The fourth-order valence-corrected chi connectivity index (χ4v) is 6.71. The summed E-state index contributed by atoms with van der Waals surface area (Å²) < 4.78 is 33.3. The van der Waals surface area contributed by atoms with Crippen LogP contribution in [0.3, 0.4) is 0 Å². The monoisotopic (exact) mass is 675 g/mol. The number of amides is 1. The zero-order valence-electron chi connectivity index (χ0n) is 28.4. The first kappa shape index (κ1) is 41.2. The highest BCUT2D eigenvalue weighted by Gasteiger charge is 2.58. The zero-order chi connectivity index (χ0) is 34.7. The van der Waals surface area contributed by atoms with Crippen LogP contribution < -0.4 is 5.32 Å². The topological polar surface area (TPSA) is 170 Å². The van der Waals surface area contributed by atoms with Gasteiger partial charge in [-0.15, -0.1) is 11.8 Å². The Balaban J connectivity index is 3.39. The number of nitrogens with one attached hydrogen (secondary N) is 1. The molecule has 0 aromatic heterocycles. The lowest BCUT2D eigenvalue weighted by molar-refractivity contribution is -0.224. The predicted molar refractivity (Wildman–Crippen MR) is 169 cm³/mol. The Bertz CT molecular complexity index is 1010. The van der Waals surface area contributed by atoms with Crippen LogP contribution in [0.2, 0.25) is 0 Å². The average Bonchev–Trinajstić information content (AvgIpc) is 2.96. The number of carbonyl (C=O) groups is 6. The van der Waals surface area contributed by atoms with Crippen molar-refractivity contribution < 1.29 is 57.2 Å². The lowest BCUT2D eigenvalue weighted by atomic mass is 9.89. The molecule has 1 heterocycles. The van der Waals surface area contributed by atoms with E-state index in [0.717, 1.165) is 58.2 Å². The van der Waals surface area contributed by atoms with E-state index in [9.17, 15) is 28.8 Å². The van der Waals surface area contributed by atoms with Gasteiger partial charge in [0.1, 0.15) is 18.8 Å². The van der Waals surface area contributed by atoms with E-state index in [2.05, 4.69) is 12.2 Å². The zero-order valence-corrected chi connectivity index (χ0v) is 29.2. The molecular formula is C32H53NO12S. The summed E-state index contributed by atoms with van der Waals surface area (Å²) in [6.07, 6.45) is 5.55. The molecule has 264 valence electrons. The van der Waals surface area contributed by atoms with Crippen LogP contribution in [0.5, 0.6) is 0 Å². The fraction of sp³-hybridized carbons (Fsp3) is 0.812. The molecule has 0 aromatic rings. The van der Waals surface area contributed by atoms with Crippen molar-refractivity contribution in [3.05, 3.63) is 0 Å². The van der Waals surface area contributed by atoms with Crippen LogP contribution >= 0.6 is 11.8 Å². The minimum absolute atomic E-state index is 0.196. The number of esters is 5. The van der Waals surface area contributed by atoms with Crippen LogP contribution in [0.1, 0.15) is 112 Å². The van der Waals surface area contributed by atoms with Gasteiger partial charge in [0.05, 0.1) is 13.2 Å². The van der Waals surface area contributed by atoms with Gasteiger partial charge in [-0.25, -0.2) is 4.79 Å². The van der Waals surface area contributed by atoms with Crippen LogP contribution in [0, 0.1) is 0 Å². The molecule has 0 spiro atoms. The van der Waals surface area contributed by atoms with Crippen LogP contribution in [0.15, 0.2) is 0 Å². The Morgan fingerprint density at radius 3 is 1.85 bits per heavy atom. The van der Waals surface area contributed by atoms with E-state index in [1.54, 1.807) is 0 Å². The summed E-state index contributed by atoms with van der Waals surface area (Å²) in [5.74, 6) is -3.83. The number of ether oxygens (including phenoxy) is 6. The fourth-order valence-electron chi connectivity index (χ4n) is 5.37. The van der Waals surface area contributed by atoms with Crippen LogP contribution in [-0.2, 0) is 57.2 Å². The smallest absolute Gasteiger partial charge is 0.348 e. The van der Waals surface area contributed by atoms with Gasteiger partial charge in [-0.1, -0.05) is 64.7 Å². The largest absolute Gasteiger partial charge is 0.466 e. The summed E-state index contributed by atoms with van der Waals surface area (Å²) >= 11 is 1.16. The molecule has 0 saturated carbocycles. The third-order valence-electron chi connectivity index (χ3n) is 7.33. The number of hydrogen-bond acceptors (Lipinski definition) is 13. The second-order valence-corrected chi connectivity index (χ2v) is 12.8. The van der Waals surface area contributed by atoms with Gasteiger partial charge in [0, 0.05) is 41.0 Å². The minimum Gasteiger partial charge on any atom is -0.466 e. The van der Waals surface area contributed by atoms with Gasteiger partial charge in [0.15, 0.2) is 12.2 Å². The molecule has 46 heavy (non-hydrogen) atoms. The molecule has 1 unspecified atom stereocenters. The van der Waals surface area contributed by atoms with Gasteiger partial charge < -0.3 is 33.7 Å². The summed E-state index contributed by atoms with van der Waals surface area (Å²) in [6.45, 7) is 7.44. The highest BCUT2D eigenvalue weighted by molar-refractivity contribution is 8.01. The molecule has 0 aliphatic carbocycles. The second kappa shape index (κ2) is 21.8. The minimum atomic E-state index is -1.76. The van der Waals surface area contributed by atoms with Crippen molar-refractivity contribution in [3.63, 3.8) is 0 Å². The lowest BCUT2D eigenvalue weighted by Gasteiger charge is -2.48. The molecule has 1 fully saturated rings. The molecule has 1 rings (SSSR count). The molecule has 0 bridgehead atoms. The Morgan fingerprint density at radius 2 is 1.37 bits per heavy atom. The van der Waals surface area contributed by atoms with E-state index in [1.165, 1.54) is 59.5 Å². The van der Waals surface area contributed by atoms with Gasteiger partial charge in [-0.3, -0.25) is 24.0 Å². The summed E-state index contributed by atoms with van der Waals surface area (Å²) in [5.41, 5.74) is 0. The molecule has 1 amide bonds. The molecule has 1 aliphatic heterocycles. The number of hydrogen-bond donors (Lipinski definition) is 1. The van der Waals surface area contributed by atoms with Gasteiger partial charge in [0.25, 0.3) is 0 Å². The van der Waals surface area contributed by atoms with Crippen molar-refractivity contribution in [3.8, 4) is 0 Å². The van der Waals surface area contributed by atoms with E-state index in [-0.39, 0.29) is 6.42 Å². The molecule has 1 aliphatic rings. The Morgan fingerprint density at radius 1 is 0.804 bits per heavy atom. The second-order valence-electron chi connectivity index (χ2n) is 11.5. The van der Waals surface area contributed by atoms with Crippen molar-refractivity contribution in [1.29, 1.82) is 0 Å². The normalized spacial score (nSPS) is 22.1.